The van der Waals surface area contributed by atoms with Crippen LogP contribution in [-0.2, 0) is 17.8 Å². The molecular formula is C14H23N3O. The van der Waals surface area contributed by atoms with E-state index in [1.165, 1.54) is 0 Å². The van der Waals surface area contributed by atoms with Crippen LogP contribution in [0.15, 0.2) is 12.7 Å². The molecule has 0 saturated heterocycles. The molecule has 0 unspecified atom stereocenters. The fraction of sp³-hybridized carbons (Fsp3) is 0.571. The lowest BCUT2D eigenvalue weighted by atomic mass is 10.1. The van der Waals surface area contributed by atoms with Crippen molar-refractivity contribution in [3.05, 3.63) is 29.6 Å². The molecule has 1 heterocycles. The Balaban J connectivity index is 2.79. The molecule has 1 aromatic rings. The van der Waals surface area contributed by atoms with Crippen LogP contribution in [0.3, 0.4) is 0 Å². The van der Waals surface area contributed by atoms with Gasteiger partial charge in [-0.2, -0.15) is 5.10 Å². The number of aryl methyl sites for hydroxylation is 1. The molecule has 18 heavy (non-hydrogen) atoms. The molecule has 0 aromatic carbocycles. The van der Waals surface area contributed by atoms with Crippen LogP contribution in [0.5, 0.6) is 0 Å². The highest BCUT2D eigenvalue weighted by Gasteiger charge is 2.14. The van der Waals surface area contributed by atoms with Crippen LogP contribution in [-0.4, -0.2) is 22.2 Å². The summed E-state index contributed by atoms with van der Waals surface area (Å²) in [7, 11) is 0. The predicted octanol–water partition coefficient (Wildman–Crippen LogP) is 2.00. The standard InChI is InChI=1S/C14H23N3O/c1-6-7-15-14(18)8-13-11(4)16-17(12(13)5)9-10(2)3/h6,10H,1,7-9H2,2-5H3,(H,15,18). The van der Waals surface area contributed by atoms with Crippen molar-refractivity contribution in [2.75, 3.05) is 6.54 Å². The van der Waals surface area contributed by atoms with Crippen molar-refractivity contribution in [2.45, 2.75) is 40.7 Å². The third-order valence-electron chi connectivity index (χ3n) is 2.85. The second kappa shape index (κ2) is 6.38. The summed E-state index contributed by atoms with van der Waals surface area (Å²) < 4.78 is 2.00. The molecule has 0 radical (unpaired) electrons. The Morgan fingerprint density at radius 3 is 2.72 bits per heavy atom. The van der Waals surface area contributed by atoms with Crippen LogP contribution in [0.4, 0.5) is 0 Å². The summed E-state index contributed by atoms with van der Waals surface area (Å²) in [6, 6.07) is 0. The third-order valence-corrected chi connectivity index (χ3v) is 2.85. The number of aromatic nitrogens is 2. The first-order chi connectivity index (χ1) is 8.45. The Kier molecular flexibility index (Phi) is 5.13. The van der Waals surface area contributed by atoms with Crippen molar-refractivity contribution in [3.8, 4) is 0 Å². The van der Waals surface area contributed by atoms with Crippen molar-refractivity contribution >= 4 is 5.91 Å². The van der Waals surface area contributed by atoms with E-state index in [9.17, 15) is 4.79 Å². The smallest absolute Gasteiger partial charge is 0.224 e. The number of hydrogen-bond donors (Lipinski definition) is 1. The van der Waals surface area contributed by atoms with Gasteiger partial charge in [-0.1, -0.05) is 19.9 Å². The molecular weight excluding hydrogens is 226 g/mol. The summed E-state index contributed by atoms with van der Waals surface area (Å²) in [6.07, 6.45) is 2.07. The number of nitrogens with zero attached hydrogens (tertiary/aromatic N) is 2. The first-order valence-electron chi connectivity index (χ1n) is 6.36. The Hall–Kier alpha value is -1.58. The van der Waals surface area contributed by atoms with Crippen molar-refractivity contribution in [3.63, 3.8) is 0 Å². The highest BCUT2D eigenvalue weighted by Crippen LogP contribution is 2.15. The van der Waals surface area contributed by atoms with Gasteiger partial charge in [-0.15, -0.1) is 6.58 Å². The maximum atomic E-state index is 11.7. The van der Waals surface area contributed by atoms with E-state index in [1.807, 2.05) is 18.5 Å². The van der Waals surface area contributed by atoms with E-state index in [-0.39, 0.29) is 5.91 Å². The molecule has 0 spiro atoms. The van der Waals surface area contributed by atoms with E-state index in [0.29, 0.717) is 18.9 Å². The molecule has 1 rings (SSSR count). The van der Waals surface area contributed by atoms with E-state index >= 15 is 0 Å². The van der Waals surface area contributed by atoms with Gasteiger partial charge in [-0.05, 0) is 19.8 Å². The molecule has 0 aliphatic carbocycles. The lowest BCUT2D eigenvalue weighted by molar-refractivity contribution is -0.120. The van der Waals surface area contributed by atoms with Crippen LogP contribution >= 0.6 is 0 Å². The topological polar surface area (TPSA) is 46.9 Å². The fourth-order valence-electron chi connectivity index (χ4n) is 1.92. The molecule has 1 aromatic heterocycles. The molecule has 0 atom stereocenters. The molecule has 0 aliphatic rings. The maximum Gasteiger partial charge on any atom is 0.224 e. The van der Waals surface area contributed by atoms with Gasteiger partial charge in [-0.25, -0.2) is 0 Å². The molecule has 1 N–H and O–H groups in total. The molecule has 4 heteroatoms. The van der Waals surface area contributed by atoms with Crippen molar-refractivity contribution in [1.29, 1.82) is 0 Å². The SMILES string of the molecule is C=CCNC(=O)Cc1c(C)nn(CC(C)C)c1C. The van der Waals surface area contributed by atoms with Gasteiger partial charge in [0.1, 0.15) is 0 Å². The molecule has 1 amide bonds. The molecule has 0 fully saturated rings. The zero-order valence-electron chi connectivity index (χ0n) is 11.8. The van der Waals surface area contributed by atoms with E-state index in [0.717, 1.165) is 23.5 Å². The van der Waals surface area contributed by atoms with Crippen molar-refractivity contribution in [2.24, 2.45) is 5.92 Å². The Morgan fingerprint density at radius 1 is 1.50 bits per heavy atom. The molecule has 0 saturated carbocycles. The van der Waals surface area contributed by atoms with Gasteiger partial charge < -0.3 is 5.32 Å². The van der Waals surface area contributed by atoms with Crippen LogP contribution < -0.4 is 5.32 Å². The summed E-state index contributed by atoms with van der Waals surface area (Å²) in [5, 5.41) is 7.29. The summed E-state index contributed by atoms with van der Waals surface area (Å²) >= 11 is 0. The lowest BCUT2D eigenvalue weighted by Gasteiger charge is -2.08. The first-order valence-corrected chi connectivity index (χ1v) is 6.36. The number of rotatable bonds is 6. The number of hydrogen-bond acceptors (Lipinski definition) is 2. The fourth-order valence-corrected chi connectivity index (χ4v) is 1.92. The lowest BCUT2D eigenvalue weighted by Crippen LogP contribution is -2.25. The predicted molar refractivity (Wildman–Crippen MR) is 73.4 cm³/mol. The monoisotopic (exact) mass is 249 g/mol. The molecule has 0 aliphatic heterocycles. The van der Waals surface area contributed by atoms with Gasteiger partial charge in [-0.3, -0.25) is 9.48 Å². The minimum Gasteiger partial charge on any atom is -0.352 e. The van der Waals surface area contributed by atoms with E-state index < -0.39 is 0 Å². The number of carbonyl (C=O) groups is 1. The van der Waals surface area contributed by atoms with Gasteiger partial charge >= 0.3 is 0 Å². The maximum absolute atomic E-state index is 11.7. The van der Waals surface area contributed by atoms with Gasteiger partial charge in [0.2, 0.25) is 5.91 Å². The zero-order chi connectivity index (χ0) is 13.7. The quantitative estimate of drug-likeness (QED) is 0.784. The summed E-state index contributed by atoms with van der Waals surface area (Å²) in [5.41, 5.74) is 3.08. The van der Waals surface area contributed by atoms with Crippen LogP contribution in [0.25, 0.3) is 0 Å². The summed E-state index contributed by atoms with van der Waals surface area (Å²) in [6.45, 7) is 13.3. The normalized spacial score (nSPS) is 10.7. The van der Waals surface area contributed by atoms with E-state index in [2.05, 4.69) is 30.8 Å². The second-order valence-corrected chi connectivity index (χ2v) is 4.99. The largest absolute Gasteiger partial charge is 0.352 e. The Bertz CT molecular complexity index is 432. The average Bonchev–Trinajstić information content (AvgIpc) is 2.53. The highest BCUT2D eigenvalue weighted by atomic mass is 16.1. The average molecular weight is 249 g/mol. The van der Waals surface area contributed by atoms with Crippen LogP contribution in [0.2, 0.25) is 0 Å². The van der Waals surface area contributed by atoms with E-state index in [4.69, 9.17) is 0 Å². The first kappa shape index (κ1) is 14.5. The number of amides is 1. The van der Waals surface area contributed by atoms with E-state index in [1.54, 1.807) is 6.08 Å². The van der Waals surface area contributed by atoms with Gasteiger partial charge in [0, 0.05) is 24.3 Å². The van der Waals surface area contributed by atoms with Crippen molar-refractivity contribution in [1.82, 2.24) is 15.1 Å². The van der Waals surface area contributed by atoms with Crippen LogP contribution in [0.1, 0.15) is 30.8 Å². The Labute approximate surface area is 109 Å². The minimum absolute atomic E-state index is 0.0187. The zero-order valence-corrected chi connectivity index (χ0v) is 11.8. The van der Waals surface area contributed by atoms with Gasteiger partial charge in [0.25, 0.3) is 0 Å². The molecule has 4 nitrogen and oxygen atoms in total. The minimum atomic E-state index is 0.0187. The summed E-state index contributed by atoms with van der Waals surface area (Å²) in [5.74, 6) is 0.565. The van der Waals surface area contributed by atoms with Gasteiger partial charge in [0.15, 0.2) is 0 Å². The Morgan fingerprint density at radius 2 is 2.17 bits per heavy atom. The number of nitrogens with one attached hydrogen (secondary N) is 1. The third kappa shape index (κ3) is 3.72. The summed E-state index contributed by atoms with van der Waals surface area (Å²) in [4.78, 5) is 11.7. The van der Waals surface area contributed by atoms with Gasteiger partial charge in [0.05, 0.1) is 12.1 Å². The molecule has 100 valence electrons. The van der Waals surface area contributed by atoms with Crippen molar-refractivity contribution < 1.29 is 4.79 Å². The second-order valence-electron chi connectivity index (χ2n) is 4.99. The molecule has 0 bridgehead atoms. The highest BCUT2D eigenvalue weighted by molar-refractivity contribution is 5.79. The van der Waals surface area contributed by atoms with Crippen LogP contribution in [0, 0.1) is 19.8 Å². The number of carbonyl (C=O) groups excluding carboxylic acids is 1.